The van der Waals surface area contributed by atoms with E-state index in [4.69, 9.17) is 0 Å². The number of carbonyl (C=O) groups is 1. The van der Waals surface area contributed by atoms with Gasteiger partial charge in [-0.3, -0.25) is 4.79 Å². The third-order valence-electron chi connectivity index (χ3n) is 3.49. The van der Waals surface area contributed by atoms with Crippen LogP contribution in [0.2, 0.25) is 0 Å². The van der Waals surface area contributed by atoms with Gasteiger partial charge in [0, 0.05) is 10.9 Å². The van der Waals surface area contributed by atoms with Crippen molar-refractivity contribution in [3.63, 3.8) is 0 Å². The van der Waals surface area contributed by atoms with Crippen LogP contribution in [-0.4, -0.2) is 27.3 Å². The minimum Gasteiger partial charge on any atom is -0.378 e. The number of aromatic nitrogens is 2. The Hall–Kier alpha value is -2.74. The summed E-state index contributed by atoms with van der Waals surface area (Å²) in [5, 5.41) is 13.3. The zero-order chi connectivity index (χ0) is 17.5. The van der Waals surface area contributed by atoms with E-state index in [1.54, 1.807) is 0 Å². The number of nitrogens with zero attached hydrogens (tertiary/aromatic N) is 2. The Morgan fingerprint density at radius 1 is 1.17 bits per heavy atom. The molecule has 0 spiro atoms. The first-order chi connectivity index (χ1) is 11.3. The van der Waals surface area contributed by atoms with Gasteiger partial charge in [-0.2, -0.15) is 18.3 Å². The highest BCUT2D eigenvalue weighted by atomic mass is 19.4. The zero-order valence-electron chi connectivity index (χ0n) is 12.0. The molecule has 4 nitrogen and oxygen atoms in total. The van der Waals surface area contributed by atoms with Crippen molar-refractivity contribution in [2.75, 3.05) is 0 Å². The number of aliphatic hydroxyl groups excluding tert-OH is 1. The van der Waals surface area contributed by atoms with Crippen LogP contribution in [0.3, 0.4) is 0 Å². The summed E-state index contributed by atoms with van der Waals surface area (Å²) in [6.07, 6.45) is -7.27. The van der Waals surface area contributed by atoms with Gasteiger partial charge in [0.15, 0.2) is 6.10 Å². The van der Waals surface area contributed by atoms with Gasteiger partial charge in [0.1, 0.15) is 17.8 Å². The first kappa shape index (κ1) is 16.1. The monoisotopic (exact) mass is 338 g/mol. The molecule has 0 bridgehead atoms. The van der Waals surface area contributed by atoms with Gasteiger partial charge < -0.3 is 5.11 Å². The summed E-state index contributed by atoms with van der Waals surface area (Å²) in [6, 6.07) is 9.13. The average molecular weight is 338 g/mol. The van der Waals surface area contributed by atoms with Crippen molar-refractivity contribution in [1.82, 2.24) is 9.78 Å². The van der Waals surface area contributed by atoms with E-state index in [0.29, 0.717) is 6.29 Å². The number of aldehydes is 1. The van der Waals surface area contributed by atoms with E-state index < -0.39 is 23.8 Å². The Kier molecular flexibility index (Phi) is 3.84. The van der Waals surface area contributed by atoms with Crippen molar-refractivity contribution >= 4 is 17.2 Å². The van der Waals surface area contributed by atoms with Gasteiger partial charge in [-0.25, -0.2) is 9.07 Å². The molecule has 0 aliphatic rings. The summed E-state index contributed by atoms with van der Waals surface area (Å²) in [4.78, 5) is 10.9. The lowest BCUT2D eigenvalue weighted by molar-refractivity contribution is -0.207. The molecule has 1 unspecified atom stereocenters. The fourth-order valence-electron chi connectivity index (χ4n) is 2.39. The molecule has 1 N–H and O–H groups in total. The third kappa shape index (κ3) is 2.76. The summed E-state index contributed by atoms with van der Waals surface area (Å²) in [5.41, 5.74) is -0.105. The predicted molar refractivity (Wildman–Crippen MR) is 77.4 cm³/mol. The van der Waals surface area contributed by atoms with Crippen molar-refractivity contribution in [3.05, 3.63) is 59.5 Å². The molecule has 124 valence electrons. The lowest BCUT2D eigenvalue weighted by Crippen LogP contribution is -2.21. The SMILES string of the molecule is O=Cc1ccc2c(c1)c(C(O)C(F)(F)F)nn2-c1cccc(F)c1. The molecule has 24 heavy (non-hydrogen) atoms. The van der Waals surface area contributed by atoms with E-state index in [2.05, 4.69) is 5.10 Å². The predicted octanol–water partition coefficient (Wildman–Crippen LogP) is 3.57. The Morgan fingerprint density at radius 3 is 2.54 bits per heavy atom. The maximum absolute atomic E-state index is 13.4. The van der Waals surface area contributed by atoms with E-state index in [-0.39, 0.29) is 22.2 Å². The number of benzene rings is 2. The van der Waals surface area contributed by atoms with Gasteiger partial charge in [-0.1, -0.05) is 6.07 Å². The summed E-state index contributed by atoms with van der Waals surface area (Å²) < 4.78 is 53.2. The number of rotatable bonds is 3. The Bertz CT molecular complexity index is 918. The second-order valence-corrected chi connectivity index (χ2v) is 5.12. The van der Waals surface area contributed by atoms with Gasteiger partial charge in [0.05, 0.1) is 11.2 Å². The summed E-state index contributed by atoms with van der Waals surface area (Å²) >= 11 is 0. The Balaban J connectivity index is 2.30. The molecule has 2 aromatic carbocycles. The second kappa shape index (κ2) is 5.72. The lowest BCUT2D eigenvalue weighted by atomic mass is 10.1. The fraction of sp³-hybridized carbons (Fsp3) is 0.125. The summed E-state index contributed by atoms with van der Waals surface area (Å²) in [6.45, 7) is 0. The molecule has 1 atom stereocenters. The summed E-state index contributed by atoms with van der Waals surface area (Å²) in [7, 11) is 0. The van der Waals surface area contributed by atoms with Gasteiger partial charge in [-0.15, -0.1) is 0 Å². The highest BCUT2D eigenvalue weighted by Crippen LogP contribution is 2.36. The van der Waals surface area contributed by atoms with Crippen LogP contribution >= 0.6 is 0 Å². The van der Waals surface area contributed by atoms with Crippen LogP contribution in [0, 0.1) is 5.82 Å². The number of carbonyl (C=O) groups excluding carboxylic acids is 1. The number of alkyl halides is 3. The molecule has 8 heteroatoms. The quantitative estimate of drug-likeness (QED) is 0.587. The number of aliphatic hydroxyl groups is 1. The number of halogens is 4. The molecule has 0 amide bonds. The topological polar surface area (TPSA) is 55.1 Å². The molecule has 0 radical (unpaired) electrons. The first-order valence-electron chi connectivity index (χ1n) is 6.80. The molecule has 0 saturated carbocycles. The third-order valence-corrected chi connectivity index (χ3v) is 3.49. The van der Waals surface area contributed by atoms with Crippen LogP contribution < -0.4 is 0 Å². The van der Waals surface area contributed by atoms with Crippen molar-refractivity contribution in [2.45, 2.75) is 12.3 Å². The van der Waals surface area contributed by atoms with Crippen LogP contribution in [0.5, 0.6) is 0 Å². The van der Waals surface area contributed by atoms with E-state index in [1.807, 2.05) is 0 Å². The summed E-state index contributed by atoms with van der Waals surface area (Å²) in [5.74, 6) is -0.585. The van der Waals surface area contributed by atoms with Crippen molar-refractivity contribution < 1.29 is 27.5 Å². The second-order valence-electron chi connectivity index (χ2n) is 5.12. The number of hydrogen-bond donors (Lipinski definition) is 1. The van der Waals surface area contributed by atoms with Gasteiger partial charge in [-0.05, 0) is 36.4 Å². The minimum atomic E-state index is -4.93. The standard InChI is InChI=1S/C16H10F4N2O2/c17-10-2-1-3-11(7-10)22-13-5-4-9(8-23)6-12(13)14(21-22)15(24)16(18,19)20/h1-8,15,24H. The highest BCUT2D eigenvalue weighted by molar-refractivity contribution is 5.90. The van der Waals surface area contributed by atoms with Crippen molar-refractivity contribution in [3.8, 4) is 5.69 Å². The van der Waals surface area contributed by atoms with Crippen LogP contribution in [0.25, 0.3) is 16.6 Å². The molecule has 0 aliphatic carbocycles. The maximum Gasteiger partial charge on any atom is 0.420 e. The molecular weight excluding hydrogens is 328 g/mol. The number of fused-ring (bicyclic) bond motifs is 1. The van der Waals surface area contributed by atoms with Crippen molar-refractivity contribution in [2.24, 2.45) is 0 Å². The van der Waals surface area contributed by atoms with E-state index in [9.17, 15) is 27.5 Å². The average Bonchev–Trinajstić information content (AvgIpc) is 2.91. The Labute approximate surface area is 132 Å². The molecule has 1 aromatic heterocycles. The smallest absolute Gasteiger partial charge is 0.378 e. The maximum atomic E-state index is 13.4. The number of hydrogen-bond acceptors (Lipinski definition) is 3. The Morgan fingerprint density at radius 2 is 1.92 bits per heavy atom. The fourth-order valence-corrected chi connectivity index (χ4v) is 2.39. The molecule has 0 aliphatic heterocycles. The van der Waals surface area contributed by atoms with E-state index in [1.165, 1.54) is 36.4 Å². The molecule has 0 saturated heterocycles. The normalized spacial score (nSPS) is 13.2. The van der Waals surface area contributed by atoms with E-state index in [0.717, 1.165) is 10.7 Å². The molecular formula is C16H10F4N2O2. The molecule has 1 heterocycles. The molecule has 3 aromatic rings. The van der Waals surface area contributed by atoms with Crippen LogP contribution in [-0.2, 0) is 0 Å². The van der Waals surface area contributed by atoms with Crippen LogP contribution in [0.4, 0.5) is 17.6 Å². The highest BCUT2D eigenvalue weighted by Gasteiger charge is 2.42. The van der Waals surface area contributed by atoms with E-state index >= 15 is 0 Å². The van der Waals surface area contributed by atoms with Crippen LogP contribution in [0.15, 0.2) is 42.5 Å². The van der Waals surface area contributed by atoms with Gasteiger partial charge >= 0.3 is 6.18 Å². The van der Waals surface area contributed by atoms with Gasteiger partial charge in [0.25, 0.3) is 0 Å². The van der Waals surface area contributed by atoms with Gasteiger partial charge in [0.2, 0.25) is 0 Å². The minimum absolute atomic E-state index is 0.0336. The molecule has 0 fully saturated rings. The molecule has 3 rings (SSSR count). The van der Waals surface area contributed by atoms with Crippen molar-refractivity contribution in [1.29, 1.82) is 0 Å². The first-order valence-corrected chi connectivity index (χ1v) is 6.80. The van der Waals surface area contributed by atoms with Crippen LogP contribution in [0.1, 0.15) is 22.2 Å². The zero-order valence-corrected chi connectivity index (χ0v) is 12.0. The lowest BCUT2D eigenvalue weighted by Gasteiger charge is -2.12. The largest absolute Gasteiger partial charge is 0.420 e.